The number of aryl methyl sites for hydroxylation is 1. The van der Waals surface area contributed by atoms with E-state index < -0.39 is 10.0 Å². The number of rotatable bonds is 7. The predicted octanol–water partition coefficient (Wildman–Crippen LogP) is 4.57. The summed E-state index contributed by atoms with van der Waals surface area (Å²) < 4.78 is 26.6. The molecule has 2 aromatic rings. The lowest BCUT2D eigenvalue weighted by Crippen LogP contribution is -2.25. The van der Waals surface area contributed by atoms with Crippen LogP contribution in [0.3, 0.4) is 0 Å². The lowest BCUT2D eigenvalue weighted by molar-refractivity contribution is 0.579. The van der Waals surface area contributed by atoms with Gasteiger partial charge < -0.3 is 0 Å². The molecule has 4 heteroatoms. The van der Waals surface area contributed by atoms with Crippen molar-refractivity contribution in [1.29, 1.82) is 0 Å². The molecule has 3 nitrogen and oxygen atoms in total. The molecule has 0 bridgehead atoms. The van der Waals surface area contributed by atoms with Gasteiger partial charge in [-0.2, -0.15) is 0 Å². The summed E-state index contributed by atoms with van der Waals surface area (Å²) >= 11 is 0. The van der Waals surface area contributed by atoms with E-state index in [9.17, 15) is 8.42 Å². The molecular formula is C22H29NO2S. The quantitative estimate of drug-likeness (QED) is 0.725. The standard InChI is InChI=1S/C22H29NO2S/c1-2-14-26(24,25)23-17-19-12-13-20-10-6-7-11-21(22(20)16-19)15-18-8-4-3-5-9-18/h3-5,8-9,12-13,16,21,23H,2,6-7,10-11,14-15,17H2,1H3. The van der Waals surface area contributed by atoms with E-state index in [0.717, 1.165) is 18.4 Å². The molecule has 0 spiro atoms. The number of benzene rings is 2. The average Bonchev–Trinajstić information content (AvgIpc) is 2.83. The summed E-state index contributed by atoms with van der Waals surface area (Å²) in [6.07, 6.45) is 6.51. The zero-order valence-electron chi connectivity index (χ0n) is 15.6. The topological polar surface area (TPSA) is 46.2 Å². The lowest BCUT2D eigenvalue weighted by Gasteiger charge is -2.19. The molecule has 140 valence electrons. The van der Waals surface area contributed by atoms with Crippen LogP contribution in [-0.4, -0.2) is 14.2 Å². The number of nitrogens with one attached hydrogen (secondary N) is 1. The van der Waals surface area contributed by atoms with Crippen molar-refractivity contribution in [3.05, 3.63) is 70.8 Å². The lowest BCUT2D eigenvalue weighted by atomic mass is 9.86. The van der Waals surface area contributed by atoms with E-state index in [2.05, 4.69) is 53.3 Å². The first-order valence-electron chi connectivity index (χ1n) is 9.70. The summed E-state index contributed by atoms with van der Waals surface area (Å²) in [7, 11) is -3.17. The number of hydrogen-bond donors (Lipinski definition) is 1. The number of fused-ring (bicyclic) bond motifs is 1. The van der Waals surface area contributed by atoms with Gasteiger partial charge in [-0.15, -0.1) is 0 Å². The molecule has 1 unspecified atom stereocenters. The summed E-state index contributed by atoms with van der Waals surface area (Å²) in [5, 5.41) is 0. The van der Waals surface area contributed by atoms with Crippen LogP contribution in [-0.2, 0) is 29.4 Å². The molecule has 3 rings (SSSR count). The van der Waals surface area contributed by atoms with Gasteiger partial charge >= 0.3 is 0 Å². The van der Waals surface area contributed by atoms with Crippen molar-refractivity contribution in [1.82, 2.24) is 4.72 Å². The molecule has 1 atom stereocenters. The fraction of sp³-hybridized carbons (Fsp3) is 0.455. The highest BCUT2D eigenvalue weighted by atomic mass is 32.2. The summed E-state index contributed by atoms with van der Waals surface area (Å²) in [6, 6.07) is 17.2. The monoisotopic (exact) mass is 371 g/mol. The Balaban J connectivity index is 1.80. The second-order valence-electron chi connectivity index (χ2n) is 7.31. The van der Waals surface area contributed by atoms with Gasteiger partial charge in [0.2, 0.25) is 10.0 Å². The largest absolute Gasteiger partial charge is 0.212 e. The minimum Gasteiger partial charge on any atom is -0.212 e. The molecule has 0 saturated heterocycles. The van der Waals surface area contributed by atoms with Crippen molar-refractivity contribution in [2.24, 2.45) is 0 Å². The van der Waals surface area contributed by atoms with Crippen LogP contribution < -0.4 is 4.72 Å². The van der Waals surface area contributed by atoms with Gasteiger partial charge in [-0.1, -0.05) is 61.9 Å². The first kappa shape index (κ1) is 19.1. The van der Waals surface area contributed by atoms with Gasteiger partial charge in [-0.3, -0.25) is 0 Å². The predicted molar refractivity (Wildman–Crippen MR) is 108 cm³/mol. The van der Waals surface area contributed by atoms with E-state index in [1.807, 2.05) is 6.92 Å². The Morgan fingerprint density at radius 1 is 1.04 bits per heavy atom. The smallest absolute Gasteiger partial charge is 0.211 e. The average molecular weight is 372 g/mol. The van der Waals surface area contributed by atoms with E-state index in [4.69, 9.17) is 0 Å². The molecule has 1 aliphatic carbocycles. The second-order valence-corrected chi connectivity index (χ2v) is 9.23. The second kappa shape index (κ2) is 8.83. The molecule has 0 amide bonds. The van der Waals surface area contributed by atoms with Crippen molar-refractivity contribution < 1.29 is 8.42 Å². The SMILES string of the molecule is CCCS(=O)(=O)NCc1ccc2c(c1)C(Cc1ccccc1)CCCC2. The molecule has 1 aliphatic rings. The van der Waals surface area contributed by atoms with Gasteiger partial charge in [0.1, 0.15) is 0 Å². The molecule has 0 aromatic heterocycles. The van der Waals surface area contributed by atoms with Gasteiger partial charge in [0.15, 0.2) is 0 Å². The van der Waals surface area contributed by atoms with Gasteiger partial charge in [-0.05, 0) is 60.3 Å². The maximum atomic E-state index is 11.9. The van der Waals surface area contributed by atoms with Crippen molar-refractivity contribution in [2.75, 3.05) is 5.75 Å². The maximum Gasteiger partial charge on any atom is 0.211 e. The van der Waals surface area contributed by atoms with Gasteiger partial charge in [0.05, 0.1) is 5.75 Å². The Hall–Kier alpha value is -1.65. The Bertz CT molecular complexity index is 815. The summed E-state index contributed by atoms with van der Waals surface area (Å²) in [5.74, 6) is 0.705. The molecule has 0 radical (unpaired) electrons. The highest BCUT2D eigenvalue weighted by Gasteiger charge is 2.20. The normalized spacial score (nSPS) is 17.5. The summed E-state index contributed by atoms with van der Waals surface area (Å²) in [6.45, 7) is 2.27. The third-order valence-electron chi connectivity index (χ3n) is 5.19. The van der Waals surface area contributed by atoms with Crippen molar-refractivity contribution in [3.8, 4) is 0 Å². The Morgan fingerprint density at radius 3 is 2.62 bits per heavy atom. The van der Waals surface area contributed by atoms with Gasteiger partial charge in [0.25, 0.3) is 0 Å². The molecule has 0 saturated carbocycles. The molecule has 26 heavy (non-hydrogen) atoms. The molecule has 0 fully saturated rings. The molecule has 0 aliphatic heterocycles. The van der Waals surface area contributed by atoms with Crippen LogP contribution in [0.4, 0.5) is 0 Å². The van der Waals surface area contributed by atoms with Crippen LogP contribution in [0.5, 0.6) is 0 Å². The number of hydrogen-bond acceptors (Lipinski definition) is 2. The fourth-order valence-electron chi connectivity index (χ4n) is 3.87. The van der Waals surface area contributed by atoms with Crippen LogP contribution in [0.25, 0.3) is 0 Å². The Labute approximate surface area is 157 Å². The minimum atomic E-state index is -3.17. The van der Waals surface area contributed by atoms with E-state index >= 15 is 0 Å². The van der Waals surface area contributed by atoms with Crippen LogP contribution in [0.2, 0.25) is 0 Å². The number of sulfonamides is 1. The summed E-state index contributed by atoms with van der Waals surface area (Å²) in [4.78, 5) is 0. The van der Waals surface area contributed by atoms with Crippen LogP contribution >= 0.6 is 0 Å². The van der Waals surface area contributed by atoms with Gasteiger partial charge in [0, 0.05) is 6.54 Å². The first-order valence-corrected chi connectivity index (χ1v) is 11.4. The molecular weight excluding hydrogens is 342 g/mol. The first-order chi connectivity index (χ1) is 12.6. The van der Waals surface area contributed by atoms with E-state index in [-0.39, 0.29) is 5.75 Å². The Morgan fingerprint density at radius 2 is 1.85 bits per heavy atom. The minimum absolute atomic E-state index is 0.189. The van der Waals surface area contributed by atoms with Gasteiger partial charge in [-0.25, -0.2) is 13.1 Å². The molecule has 1 N–H and O–H groups in total. The highest BCUT2D eigenvalue weighted by Crippen LogP contribution is 2.33. The van der Waals surface area contributed by atoms with E-state index in [1.165, 1.54) is 36.0 Å². The third-order valence-corrected chi connectivity index (χ3v) is 6.72. The zero-order chi connectivity index (χ0) is 18.4. The van der Waals surface area contributed by atoms with Crippen LogP contribution in [0.1, 0.15) is 60.8 Å². The summed E-state index contributed by atoms with van der Waals surface area (Å²) in [5.41, 5.74) is 5.28. The molecule has 0 heterocycles. The van der Waals surface area contributed by atoms with E-state index in [1.54, 1.807) is 0 Å². The zero-order valence-corrected chi connectivity index (χ0v) is 16.4. The maximum absolute atomic E-state index is 11.9. The fourth-order valence-corrected chi connectivity index (χ4v) is 4.94. The highest BCUT2D eigenvalue weighted by molar-refractivity contribution is 7.89. The van der Waals surface area contributed by atoms with Crippen molar-refractivity contribution >= 4 is 10.0 Å². The van der Waals surface area contributed by atoms with Crippen molar-refractivity contribution in [3.63, 3.8) is 0 Å². The molecule has 2 aromatic carbocycles. The third kappa shape index (κ3) is 5.18. The van der Waals surface area contributed by atoms with Crippen LogP contribution in [0.15, 0.2) is 48.5 Å². The van der Waals surface area contributed by atoms with Crippen LogP contribution in [0, 0.1) is 0 Å². The van der Waals surface area contributed by atoms with Crippen molar-refractivity contribution in [2.45, 2.75) is 57.9 Å². The van der Waals surface area contributed by atoms with E-state index in [0.29, 0.717) is 18.9 Å². The Kier molecular flexibility index (Phi) is 6.49.